The van der Waals surface area contributed by atoms with Crippen molar-refractivity contribution < 1.29 is 9.47 Å². The number of hydrazine groups is 1. The van der Waals surface area contributed by atoms with Gasteiger partial charge in [0.1, 0.15) is 13.2 Å². The summed E-state index contributed by atoms with van der Waals surface area (Å²) in [5.41, 5.74) is 5.07. The number of thiophene rings is 1. The Kier molecular flexibility index (Phi) is 3.42. The molecule has 2 heterocycles. The van der Waals surface area contributed by atoms with Gasteiger partial charge in [-0.2, -0.15) is 0 Å². The minimum absolute atomic E-state index is 0.0806. The topological polar surface area (TPSA) is 56.5 Å². The molecule has 3 N–H and O–H groups in total. The lowest BCUT2D eigenvalue weighted by atomic mass is 9.98. The van der Waals surface area contributed by atoms with Crippen molar-refractivity contribution in [3.63, 3.8) is 0 Å². The molecule has 0 saturated heterocycles. The fraction of sp³-hybridized carbons (Fsp3) is 0.286. The lowest BCUT2D eigenvalue weighted by molar-refractivity contribution is 0.169. The summed E-state index contributed by atoms with van der Waals surface area (Å²) in [5.74, 6) is 7.34. The molecule has 1 aliphatic rings. The standard InChI is InChI=1S/C14H16N2O2S/c1-9-10(5-8-19-9)13(16-15)11-3-2-4-12-14(11)18-7-6-17-12/h2-5,8,13,16H,6-7,15H2,1H3. The van der Waals surface area contributed by atoms with Crippen molar-refractivity contribution in [1.82, 2.24) is 5.43 Å². The van der Waals surface area contributed by atoms with Crippen molar-refractivity contribution in [3.8, 4) is 11.5 Å². The average molecular weight is 276 g/mol. The summed E-state index contributed by atoms with van der Waals surface area (Å²) in [7, 11) is 0. The molecule has 4 nitrogen and oxygen atoms in total. The van der Waals surface area contributed by atoms with Gasteiger partial charge in [0.25, 0.3) is 0 Å². The van der Waals surface area contributed by atoms with Gasteiger partial charge in [-0.05, 0) is 30.0 Å². The second kappa shape index (κ2) is 5.21. The highest BCUT2D eigenvalue weighted by Gasteiger charge is 2.23. The van der Waals surface area contributed by atoms with Crippen molar-refractivity contribution in [2.24, 2.45) is 5.84 Å². The first-order chi connectivity index (χ1) is 9.31. The van der Waals surface area contributed by atoms with E-state index in [0.29, 0.717) is 13.2 Å². The first-order valence-electron chi connectivity index (χ1n) is 6.20. The van der Waals surface area contributed by atoms with Crippen LogP contribution in [0.3, 0.4) is 0 Å². The van der Waals surface area contributed by atoms with E-state index in [0.717, 1.165) is 17.1 Å². The largest absolute Gasteiger partial charge is 0.486 e. The van der Waals surface area contributed by atoms with E-state index < -0.39 is 0 Å². The summed E-state index contributed by atoms with van der Waals surface area (Å²) in [4.78, 5) is 1.25. The molecule has 1 aliphatic heterocycles. The smallest absolute Gasteiger partial charge is 0.166 e. The molecule has 1 unspecified atom stereocenters. The van der Waals surface area contributed by atoms with Gasteiger partial charge in [0.05, 0.1) is 6.04 Å². The third-order valence-electron chi connectivity index (χ3n) is 3.28. The quantitative estimate of drug-likeness (QED) is 0.667. The van der Waals surface area contributed by atoms with Gasteiger partial charge in [-0.15, -0.1) is 11.3 Å². The third kappa shape index (κ3) is 2.20. The highest BCUT2D eigenvalue weighted by atomic mass is 32.1. The van der Waals surface area contributed by atoms with E-state index >= 15 is 0 Å². The number of nitrogens with two attached hydrogens (primary N) is 1. The number of para-hydroxylation sites is 1. The van der Waals surface area contributed by atoms with Crippen LogP contribution in [0.1, 0.15) is 22.0 Å². The highest BCUT2D eigenvalue weighted by molar-refractivity contribution is 7.10. The van der Waals surface area contributed by atoms with Crippen LogP contribution in [0.25, 0.3) is 0 Å². The molecule has 0 bridgehead atoms. The Bertz CT molecular complexity index is 583. The molecule has 0 fully saturated rings. The minimum atomic E-state index is -0.0806. The molecule has 1 aromatic carbocycles. The number of fused-ring (bicyclic) bond motifs is 1. The zero-order valence-corrected chi connectivity index (χ0v) is 11.5. The molecule has 1 atom stereocenters. The maximum absolute atomic E-state index is 5.76. The zero-order valence-electron chi connectivity index (χ0n) is 10.7. The summed E-state index contributed by atoms with van der Waals surface area (Å²) in [5, 5.41) is 2.07. The Balaban J connectivity index is 2.07. The summed E-state index contributed by atoms with van der Waals surface area (Å²) < 4.78 is 11.4. The van der Waals surface area contributed by atoms with Gasteiger partial charge in [-0.25, -0.2) is 5.43 Å². The average Bonchev–Trinajstić information content (AvgIpc) is 2.86. The van der Waals surface area contributed by atoms with Gasteiger partial charge < -0.3 is 9.47 Å². The van der Waals surface area contributed by atoms with E-state index in [4.69, 9.17) is 15.3 Å². The Hall–Kier alpha value is -1.56. The predicted octanol–water partition coefficient (Wildman–Crippen LogP) is 2.38. The van der Waals surface area contributed by atoms with Crippen LogP contribution in [0.2, 0.25) is 0 Å². The molecule has 0 saturated carbocycles. The molecule has 0 aliphatic carbocycles. The number of hydrogen-bond donors (Lipinski definition) is 2. The van der Waals surface area contributed by atoms with Crippen molar-refractivity contribution in [2.75, 3.05) is 13.2 Å². The molecular weight excluding hydrogens is 260 g/mol. The predicted molar refractivity (Wildman–Crippen MR) is 75.7 cm³/mol. The zero-order chi connectivity index (χ0) is 13.2. The van der Waals surface area contributed by atoms with Crippen LogP contribution in [-0.2, 0) is 0 Å². The number of benzene rings is 1. The van der Waals surface area contributed by atoms with Crippen LogP contribution >= 0.6 is 11.3 Å². The number of ether oxygens (including phenoxy) is 2. The van der Waals surface area contributed by atoms with Crippen LogP contribution in [0.4, 0.5) is 0 Å². The van der Waals surface area contributed by atoms with Crippen LogP contribution in [0, 0.1) is 6.92 Å². The Morgan fingerprint density at radius 2 is 2.05 bits per heavy atom. The first-order valence-corrected chi connectivity index (χ1v) is 7.08. The van der Waals surface area contributed by atoms with E-state index in [1.165, 1.54) is 10.4 Å². The lowest BCUT2D eigenvalue weighted by Gasteiger charge is -2.25. The Morgan fingerprint density at radius 1 is 1.21 bits per heavy atom. The van der Waals surface area contributed by atoms with Crippen LogP contribution in [0.15, 0.2) is 29.6 Å². The van der Waals surface area contributed by atoms with Crippen molar-refractivity contribution in [2.45, 2.75) is 13.0 Å². The molecule has 5 heteroatoms. The number of nitrogens with one attached hydrogen (secondary N) is 1. The van der Waals surface area contributed by atoms with Gasteiger partial charge in [-0.3, -0.25) is 5.84 Å². The minimum Gasteiger partial charge on any atom is -0.486 e. The summed E-state index contributed by atoms with van der Waals surface area (Å²) in [6.07, 6.45) is 0. The second-order valence-corrected chi connectivity index (χ2v) is 5.52. The van der Waals surface area contributed by atoms with E-state index in [1.807, 2.05) is 18.2 Å². The van der Waals surface area contributed by atoms with E-state index in [1.54, 1.807) is 11.3 Å². The summed E-state index contributed by atoms with van der Waals surface area (Å²) in [6.45, 7) is 3.26. The highest BCUT2D eigenvalue weighted by Crippen LogP contribution is 2.40. The molecule has 100 valence electrons. The first kappa shape index (κ1) is 12.5. The molecule has 0 spiro atoms. The van der Waals surface area contributed by atoms with Crippen LogP contribution in [0.5, 0.6) is 11.5 Å². The SMILES string of the molecule is Cc1sccc1C(NN)c1cccc2c1OCCO2. The van der Waals surface area contributed by atoms with Gasteiger partial charge in [0.2, 0.25) is 0 Å². The van der Waals surface area contributed by atoms with Gasteiger partial charge >= 0.3 is 0 Å². The van der Waals surface area contributed by atoms with E-state index in [2.05, 4.69) is 23.8 Å². The van der Waals surface area contributed by atoms with Crippen molar-refractivity contribution in [3.05, 3.63) is 45.6 Å². The lowest BCUT2D eigenvalue weighted by Crippen LogP contribution is -2.30. The maximum atomic E-state index is 5.76. The van der Waals surface area contributed by atoms with Gasteiger partial charge in [-0.1, -0.05) is 12.1 Å². The maximum Gasteiger partial charge on any atom is 0.166 e. The summed E-state index contributed by atoms with van der Waals surface area (Å²) in [6, 6.07) is 7.92. The monoisotopic (exact) mass is 276 g/mol. The van der Waals surface area contributed by atoms with E-state index in [9.17, 15) is 0 Å². The number of aryl methyl sites for hydroxylation is 1. The molecule has 0 amide bonds. The fourth-order valence-corrected chi connectivity index (χ4v) is 3.11. The molecule has 2 aromatic rings. The molecule has 0 radical (unpaired) electrons. The molecule has 19 heavy (non-hydrogen) atoms. The van der Waals surface area contributed by atoms with Crippen molar-refractivity contribution >= 4 is 11.3 Å². The fourth-order valence-electron chi connectivity index (χ4n) is 2.36. The Morgan fingerprint density at radius 3 is 2.79 bits per heavy atom. The van der Waals surface area contributed by atoms with Gasteiger partial charge in [0, 0.05) is 10.4 Å². The third-order valence-corrected chi connectivity index (χ3v) is 4.15. The number of rotatable bonds is 3. The molecule has 3 rings (SSSR count). The second-order valence-electron chi connectivity index (χ2n) is 4.40. The summed E-state index contributed by atoms with van der Waals surface area (Å²) >= 11 is 1.71. The van der Waals surface area contributed by atoms with Crippen molar-refractivity contribution in [1.29, 1.82) is 0 Å². The molecule has 1 aromatic heterocycles. The normalized spacial score (nSPS) is 15.3. The Labute approximate surface area is 116 Å². The van der Waals surface area contributed by atoms with Gasteiger partial charge in [0.15, 0.2) is 11.5 Å². The van der Waals surface area contributed by atoms with Crippen LogP contribution in [-0.4, -0.2) is 13.2 Å². The van der Waals surface area contributed by atoms with Crippen LogP contribution < -0.4 is 20.7 Å². The van der Waals surface area contributed by atoms with E-state index in [-0.39, 0.29) is 6.04 Å². The molecular formula is C14H16N2O2S. The number of hydrogen-bond acceptors (Lipinski definition) is 5.